The minimum Gasteiger partial charge on any atom is -0.481 e. The van der Waals surface area contributed by atoms with Crippen molar-refractivity contribution in [2.24, 2.45) is 23.7 Å². The summed E-state index contributed by atoms with van der Waals surface area (Å²) in [6.45, 7) is 0. The maximum absolute atomic E-state index is 11.0. The fourth-order valence-corrected chi connectivity index (χ4v) is 2.41. The van der Waals surface area contributed by atoms with E-state index in [4.69, 9.17) is 20.4 Å². The molecule has 9 nitrogen and oxygen atoms in total. The van der Waals surface area contributed by atoms with E-state index in [1.165, 1.54) is 0 Å². The van der Waals surface area contributed by atoms with Crippen LogP contribution in [-0.2, 0) is 19.2 Å². The molecule has 0 amide bonds. The molecule has 4 atom stereocenters. The van der Waals surface area contributed by atoms with E-state index in [9.17, 15) is 24.3 Å². The molecule has 0 radical (unpaired) electrons. The molecule has 0 saturated heterocycles. The molecule has 19 heavy (non-hydrogen) atoms. The first-order valence-corrected chi connectivity index (χ1v) is 5.27. The third kappa shape index (κ3) is 2.65. The van der Waals surface area contributed by atoms with E-state index in [1.807, 2.05) is 0 Å². The van der Waals surface area contributed by atoms with Gasteiger partial charge in [-0.25, -0.2) is 0 Å². The number of hydrogen-bond donors (Lipinski definition) is 5. The number of carbonyl (C=O) groups is 4. The smallest absolute Gasteiger partial charge is 0.310 e. The summed E-state index contributed by atoms with van der Waals surface area (Å²) >= 11 is 0. The van der Waals surface area contributed by atoms with E-state index in [2.05, 4.69) is 0 Å². The van der Waals surface area contributed by atoms with Crippen LogP contribution in [0.4, 0.5) is 0 Å². The van der Waals surface area contributed by atoms with Gasteiger partial charge in [0.15, 0.2) is 0 Å². The second kappa shape index (κ2) is 5.22. The Morgan fingerprint density at radius 2 is 1.00 bits per heavy atom. The Morgan fingerprint density at radius 1 is 0.684 bits per heavy atom. The van der Waals surface area contributed by atoms with Crippen molar-refractivity contribution >= 4 is 23.9 Å². The van der Waals surface area contributed by atoms with Crippen molar-refractivity contribution in [3.8, 4) is 0 Å². The highest BCUT2D eigenvalue weighted by atomic mass is 16.4. The average molecular weight is 276 g/mol. The molecule has 5 N–H and O–H groups in total. The fourth-order valence-electron chi connectivity index (χ4n) is 2.41. The molecule has 1 rings (SSSR count). The summed E-state index contributed by atoms with van der Waals surface area (Å²) in [5.74, 6) is -13.5. The zero-order chi connectivity index (χ0) is 14.9. The standard InChI is InChI=1S/C10H12O9/c11-6-4(9(16)17)2(7(12)13)1-3(8(14)15)5(6)10(18)19/h2-6,11H,1H2,(H,12,13)(H,14,15)(H,16,17)(H,18,19). The number of carboxylic acid groups (broad SMARTS) is 4. The van der Waals surface area contributed by atoms with Crippen LogP contribution in [0.25, 0.3) is 0 Å². The maximum atomic E-state index is 11.0. The van der Waals surface area contributed by atoms with Crippen LogP contribution in [0.15, 0.2) is 0 Å². The molecule has 0 heterocycles. The Hall–Kier alpha value is -2.16. The Labute approximate surface area is 106 Å². The summed E-state index contributed by atoms with van der Waals surface area (Å²) in [5, 5.41) is 45.3. The van der Waals surface area contributed by atoms with Gasteiger partial charge in [0.05, 0.1) is 29.8 Å². The van der Waals surface area contributed by atoms with Gasteiger partial charge in [-0.05, 0) is 6.42 Å². The van der Waals surface area contributed by atoms with E-state index in [0.717, 1.165) is 0 Å². The first-order valence-electron chi connectivity index (χ1n) is 5.27. The van der Waals surface area contributed by atoms with Crippen molar-refractivity contribution in [1.29, 1.82) is 0 Å². The van der Waals surface area contributed by atoms with Crippen LogP contribution >= 0.6 is 0 Å². The molecule has 9 heteroatoms. The number of rotatable bonds is 4. The molecule has 0 aliphatic heterocycles. The summed E-state index contributed by atoms with van der Waals surface area (Å²) < 4.78 is 0. The lowest BCUT2D eigenvalue weighted by Crippen LogP contribution is -2.54. The van der Waals surface area contributed by atoms with Gasteiger partial charge in [-0.1, -0.05) is 0 Å². The summed E-state index contributed by atoms with van der Waals surface area (Å²) in [6, 6.07) is 0. The van der Waals surface area contributed by atoms with Crippen LogP contribution in [0, 0.1) is 23.7 Å². The first kappa shape index (κ1) is 14.9. The Kier molecular flexibility index (Phi) is 4.10. The van der Waals surface area contributed by atoms with Crippen LogP contribution in [0.2, 0.25) is 0 Å². The van der Waals surface area contributed by atoms with Gasteiger partial charge in [-0.15, -0.1) is 0 Å². The van der Waals surface area contributed by atoms with E-state index < -0.39 is 60.1 Å². The van der Waals surface area contributed by atoms with Gasteiger partial charge >= 0.3 is 23.9 Å². The number of aliphatic hydroxyl groups excluding tert-OH is 1. The molecule has 0 aromatic carbocycles. The number of carboxylic acids is 4. The van der Waals surface area contributed by atoms with Crippen molar-refractivity contribution in [3.63, 3.8) is 0 Å². The average Bonchev–Trinajstić information content (AvgIpc) is 2.25. The molecule has 0 bridgehead atoms. The second-order valence-electron chi connectivity index (χ2n) is 4.34. The SMILES string of the molecule is O=C(O)C1CC(C(=O)O)C(C(=O)O)C(O)C1C(=O)O. The highest BCUT2D eigenvalue weighted by Gasteiger charge is 2.55. The first-order chi connectivity index (χ1) is 8.68. The van der Waals surface area contributed by atoms with Crippen LogP contribution in [-0.4, -0.2) is 55.5 Å². The van der Waals surface area contributed by atoms with E-state index in [0.29, 0.717) is 0 Å². The Bertz CT molecular complexity index is 391. The molecular weight excluding hydrogens is 264 g/mol. The second-order valence-corrected chi connectivity index (χ2v) is 4.34. The molecule has 1 aliphatic rings. The van der Waals surface area contributed by atoms with Gasteiger partial charge in [-0.3, -0.25) is 19.2 Å². The molecule has 0 spiro atoms. The Balaban J connectivity index is 3.23. The predicted molar refractivity (Wildman–Crippen MR) is 55.1 cm³/mol. The number of aliphatic carboxylic acids is 4. The minimum atomic E-state index is -2.08. The molecule has 1 aliphatic carbocycles. The molecule has 106 valence electrons. The van der Waals surface area contributed by atoms with Crippen molar-refractivity contribution in [3.05, 3.63) is 0 Å². The van der Waals surface area contributed by atoms with Gasteiger partial charge in [0, 0.05) is 0 Å². The Morgan fingerprint density at radius 3 is 1.21 bits per heavy atom. The highest BCUT2D eigenvalue weighted by molar-refractivity contribution is 5.86. The molecule has 1 saturated carbocycles. The quantitative estimate of drug-likeness (QED) is 0.412. The van der Waals surface area contributed by atoms with Gasteiger partial charge < -0.3 is 25.5 Å². The third-order valence-electron chi connectivity index (χ3n) is 3.32. The third-order valence-corrected chi connectivity index (χ3v) is 3.32. The van der Waals surface area contributed by atoms with Gasteiger partial charge in [0.1, 0.15) is 0 Å². The zero-order valence-corrected chi connectivity index (χ0v) is 9.46. The summed E-state index contributed by atoms with van der Waals surface area (Å²) in [6.07, 6.45) is -2.73. The van der Waals surface area contributed by atoms with Gasteiger partial charge in [-0.2, -0.15) is 0 Å². The van der Waals surface area contributed by atoms with Gasteiger partial charge in [0.25, 0.3) is 0 Å². The molecule has 0 aromatic rings. The largest absolute Gasteiger partial charge is 0.481 e. The number of hydrogen-bond acceptors (Lipinski definition) is 5. The molecule has 1 fully saturated rings. The van der Waals surface area contributed by atoms with Crippen molar-refractivity contribution < 1.29 is 44.7 Å². The van der Waals surface area contributed by atoms with E-state index in [-0.39, 0.29) is 0 Å². The molecular formula is C10H12O9. The topological polar surface area (TPSA) is 169 Å². The van der Waals surface area contributed by atoms with Crippen molar-refractivity contribution in [1.82, 2.24) is 0 Å². The van der Waals surface area contributed by atoms with E-state index >= 15 is 0 Å². The summed E-state index contributed by atoms with van der Waals surface area (Å²) in [4.78, 5) is 43.8. The van der Waals surface area contributed by atoms with Crippen molar-refractivity contribution in [2.45, 2.75) is 12.5 Å². The molecule has 4 unspecified atom stereocenters. The maximum Gasteiger partial charge on any atom is 0.310 e. The normalized spacial score (nSPS) is 34.5. The lowest BCUT2D eigenvalue weighted by Gasteiger charge is -2.37. The summed E-state index contributed by atoms with van der Waals surface area (Å²) in [7, 11) is 0. The highest BCUT2D eigenvalue weighted by Crippen LogP contribution is 2.39. The van der Waals surface area contributed by atoms with Crippen LogP contribution in [0.1, 0.15) is 6.42 Å². The summed E-state index contributed by atoms with van der Waals surface area (Å²) in [5.41, 5.74) is 0. The zero-order valence-electron chi connectivity index (χ0n) is 9.46. The van der Waals surface area contributed by atoms with Crippen LogP contribution in [0.3, 0.4) is 0 Å². The lowest BCUT2D eigenvalue weighted by molar-refractivity contribution is -0.180. The molecule has 0 aromatic heterocycles. The minimum absolute atomic E-state index is 0.657. The van der Waals surface area contributed by atoms with Crippen LogP contribution in [0.5, 0.6) is 0 Å². The van der Waals surface area contributed by atoms with E-state index in [1.54, 1.807) is 0 Å². The van der Waals surface area contributed by atoms with Crippen LogP contribution < -0.4 is 0 Å². The lowest BCUT2D eigenvalue weighted by atomic mass is 9.66. The van der Waals surface area contributed by atoms with Gasteiger partial charge in [0.2, 0.25) is 0 Å². The fraction of sp³-hybridized carbons (Fsp3) is 0.600. The monoisotopic (exact) mass is 276 g/mol. The predicted octanol–water partition coefficient (Wildman–Crippen LogP) is -1.45. The number of aliphatic hydroxyl groups is 1. The van der Waals surface area contributed by atoms with Crippen molar-refractivity contribution in [2.75, 3.05) is 0 Å².